The first kappa shape index (κ1) is 35.7. The van der Waals surface area contributed by atoms with Gasteiger partial charge in [-0.1, -0.05) is 182 Å². The van der Waals surface area contributed by atoms with Gasteiger partial charge in [-0.3, -0.25) is 0 Å². The summed E-state index contributed by atoms with van der Waals surface area (Å²) >= 11 is 0. The van der Waals surface area contributed by atoms with Crippen molar-refractivity contribution in [3.8, 4) is 67.3 Å². The zero-order valence-corrected chi connectivity index (χ0v) is 33.9. The molecule has 0 saturated heterocycles. The maximum atomic E-state index is 5.18. The van der Waals surface area contributed by atoms with Gasteiger partial charge in [-0.15, -0.1) is 0 Å². The lowest BCUT2D eigenvalue weighted by Gasteiger charge is -2.17. The Balaban J connectivity index is 0.982. The Morgan fingerprint density at radius 1 is 0.274 bits per heavy atom. The molecule has 0 bridgehead atoms. The van der Waals surface area contributed by atoms with Crippen LogP contribution < -0.4 is 0 Å². The molecule has 0 N–H and O–H groups in total. The number of benzene rings is 9. The van der Waals surface area contributed by atoms with Crippen molar-refractivity contribution in [2.24, 2.45) is 0 Å². The van der Waals surface area contributed by atoms with E-state index in [4.69, 9.17) is 4.98 Å². The van der Waals surface area contributed by atoms with Gasteiger partial charge in [0.15, 0.2) is 0 Å². The lowest BCUT2D eigenvalue weighted by atomic mass is 9.98. The van der Waals surface area contributed by atoms with E-state index in [1.165, 1.54) is 65.9 Å². The molecule has 0 spiro atoms. The van der Waals surface area contributed by atoms with Crippen molar-refractivity contribution < 1.29 is 0 Å². The molecule has 0 aliphatic heterocycles. The molecule has 3 heterocycles. The van der Waals surface area contributed by atoms with Crippen LogP contribution in [0.15, 0.2) is 237 Å². The minimum Gasteiger partial charge on any atom is -0.309 e. The van der Waals surface area contributed by atoms with Crippen LogP contribution in [-0.2, 0) is 0 Å². The highest BCUT2D eigenvalue weighted by atomic mass is 15.0. The van der Waals surface area contributed by atoms with E-state index in [9.17, 15) is 0 Å². The second-order valence-electron chi connectivity index (χ2n) is 15.9. The standard InChI is InChI=1S/C59H39N3/c1-4-17-40(18-5-1)45-38-53(42-19-6-2-7-20-42)60-54(39-45)43-33-31-41(32-34-43)44-35-36-58-52(37-44)49-25-12-15-30-57(49)62(58)56-29-14-11-24-48(56)51-27-16-26-50-47-23-10-13-28-55(47)61(59(50)51)46-21-8-3-9-22-46/h1-39H. The second-order valence-corrected chi connectivity index (χ2v) is 15.9. The Kier molecular flexibility index (Phi) is 8.50. The van der Waals surface area contributed by atoms with E-state index in [1.54, 1.807) is 0 Å². The first-order chi connectivity index (χ1) is 30.8. The monoisotopic (exact) mass is 789 g/mol. The molecule has 0 aliphatic rings. The summed E-state index contributed by atoms with van der Waals surface area (Å²) in [6.07, 6.45) is 0. The minimum absolute atomic E-state index is 0.953. The van der Waals surface area contributed by atoms with Crippen LogP contribution in [0.2, 0.25) is 0 Å². The summed E-state index contributed by atoms with van der Waals surface area (Å²) in [6, 6.07) is 85.1. The number of aromatic nitrogens is 3. The van der Waals surface area contributed by atoms with Gasteiger partial charge in [0.25, 0.3) is 0 Å². The summed E-state index contributed by atoms with van der Waals surface area (Å²) in [5.74, 6) is 0. The largest absolute Gasteiger partial charge is 0.309 e. The zero-order valence-electron chi connectivity index (χ0n) is 33.9. The lowest BCUT2D eigenvalue weighted by Crippen LogP contribution is -1.99. The van der Waals surface area contributed by atoms with Crippen molar-refractivity contribution in [2.75, 3.05) is 0 Å². The van der Waals surface area contributed by atoms with Crippen LogP contribution in [0.3, 0.4) is 0 Å². The number of para-hydroxylation sites is 5. The van der Waals surface area contributed by atoms with E-state index < -0.39 is 0 Å². The molecule has 12 aromatic rings. The average Bonchev–Trinajstić information content (AvgIpc) is 3.87. The molecule has 0 aliphatic carbocycles. The second kappa shape index (κ2) is 14.8. The fourth-order valence-corrected chi connectivity index (χ4v) is 9.46. The molecular formula is C59H39N3. The summed E-state index contributed by atoms with van der Waals surface area (Å²) < 4.78 is 4.88. The molecule has 0 fully saturated rings. The number of nitrogens with zero attached hydrogens (tertiary/aromatic N) is 3. The first-order valence-corrected chi connectivity index (χ1v) is 21.2. The third kappa shape index (κ3) is 5.94. The number of rotatable bonds is 7. The van der Waals surface area contributed by atoms with Crippen molar-refractivity contribution in [3.63, 3.8) is 0 Å². The first-order valence-electron chi connectivity index (χ1n) is 21.2. The van der Waals surface area contributed by atoms with Crippen LogP contribution in [0.5, 0.6) is 0 Å². The van der Waals surface area contributed by atoms with Crippen molar-refractivity contribution in [1.82, 2.24) is 14.1 Å². The fourth-order valence-electron chi connectivity index (χ4n) is 9.46. The maximum Gasteiger partial charge on any atom is 0.0715 e. The predicted molar refractivity (Wildman–Crippen MR) is 260 cm³/mol. The van der Waals surface area contributed by atoms with E-state index in [1.807, 2.05) is 6.07 Å². The van der Waals surface area contributed by atoms with E-state index in [-0.39, 0.29) is 0 Å². The topological polar surface area (TPSA) is 22.8 Å². The molecule has 290 valence electrons. The van der Waals surface area contributed by atoms with Gasteiger partial charge in [-0.2, -0.15) is 0 Å². The normalized spacial score (nSPS) is 11.5. The molecule has 3 heteroatoms. The van der Waals surface area contributed by atoms with Gasteiger partial charge >= 0.3 is 0 Å². The molecule has 62 heavy (non-hydrogen) atoms. The van der Waals surface area contributed by atoms with Crippen LogP contribution in [0.1, 0.15) is 0 Å². The molecule has 0 atom stereocenters. The molecule has 0 saturated carbocycles. The van der Waals surface area contributed by atoms with Gasteiger partial charge in [0, 0.05) is 49.5 Å². The van der Waals surface area contributed by atoms with Gasteiger partial charge < -0.3 is 9.13 Å². The molecule has 3 nitrogen and oxygen atoms in total. The van der Waals surface area contributed by atoms with Crippen LogP contribution in [0, 0.1) is 0 Å². The van der Waals surface area contributed by atoms with Crippen LogP contribution in [0.25, 0.3) is 111 Å². The quantitative estimate of drug-likeness (QED) is 0.158. The van der Waals surface area contributed by atoms with Gasteiger partial charge in [0.2, 0.25) is 0 Å². The molecule has 0 unspecified atom stereocenters. The number of hydrogen-bond acceptors (Lipinski definition) is 1. The summed E-state index contributed by atoms with van der Waals surface area (Å²) in [6.45, 7) is 0. The fraction of sp³-hybridized carbons (Fsp3) is 0. The lowest BCUT2D eigenvalue weighted by molar-refractivity contribution is 1.17. The van der Waals surface area contributed by atoms with E-state index >= 15 is 0 Å². The van der Waals surface area contributed by atoms with Crippen molar-refractivity contribution in [3.05, 3.63) is 237 Å². The van der Waals surface area contributed by atoms with E-state index in [2.05, 4.69) is 240 Å². The minimum atomic E-state index is 0.953. The van der Waals surface area contributed by atoms with Crippen LogP contribution in [0.4, 0.5) is 0 Å². The summed E-state index contributed by atoms with van der Waals surface area (Å²) in [4.78, 5) is 5.18. The molecule has 0 amide bonds. The smallest absolute Gasteiger partial charge is 0.0715 e. The third-order valence-corrected chi connectivity index (χ3v) is 12.3. The molecule has 3 aromatic heterocycles. The molecule has 0 radical (unpaired) electrons. The highest BCUT2D eigenvalue weighted by Crippen LogP contribution is 2.43. The van der Waals surface area contributed by atoms with Crippen molar-refractivity contribution >= 4 is 43.6 Å². The van der Waals surface area contributed by atoms with Gasteiger partial charge in [0.1, 0.15) is 0 Å². The molecule has 9 aromatic carbocycles. The van der Waals surface area contributed by atoms with Gasteiger partial charge in [-0.25, -0.2) is 4.98 Å². The van der Waals surface area contributed by atoms with E-state index in [0.717, 1.165) is 45.0 Å². The number of pyridine rings is 1. The van der Waals surface area contributed by atoms with Gasteiger partial charge in [0.05, 0.1) is 39.1 Å². The van der Waals surface area contributed by atoms with Crippen molar-refractivity contribution in [1.29, 1.82) is 0 Å². The molecular weight excluding hydrogens is 751 g/mol. The SMILES string of the molecule is c1ccc(-c2cc(-c3ccccc3)nc(-c3ccc(-c4ccc5c(c4)c4ccccc4n5-c4ccccc4-c4cccc5c6ccccc6n(-c6ccccc6)c45)cc3)c2)cc1. The number of fused-ring (bicyclic) bond motifs is 6. The predicted octanol–water partition coefficient (Wildman–Crippen LogP) is 15.6. The summed E-state index contributed by atoms with van der Waals surface area (Å²) in [7, 11) is 0. The Morgan fingerprint density at radius 2 is 0.758 bits per heavy atom. The number of hydrogen-bond donors (Lipinski definition) is 0. The average molecular weight is 790 g/mol. The Morgan fingerprint density at radius 3 is 1.48 bits per heavy atom. The van der Waals surface area contributed by atoms with Crippen LogP contribution in [-0.4, -0.2) is 14.1 Å². The van der Waals surface area contributed by atoms with Crippen LogP contribution >= 0.6 is 0 Å². The highest BCUT2D eigenvalue weighted by Gasteiger charge is 2.21. The maximum absolute atomic E-state index is 5.18. The molecule has 12 rings (SSSR count). The summed E-state index contributed by atoms with van der Waals surface area (Å²) in [5, 5.41) is 4.93. The Bertz CT molecular complexity index is 3540. The highest BCUT2D eigenvalue weighted by molar-refractivity contribution is 6.15. The Labute approximate surface area is 360 Å². The Hall–Kier alpha value is -8.27. The van der Waals surface area contributed by atoms with Gasteiger partial charge in [-0.05, 0) is 76.9 Å². The zero-order chi connectivity index (χ0) is 41.0. The van der Waals surface area contributed by atoms with E-state index in [0.29, 0.717) is 0 Å². The van der Waals surface area contributed by atoms with Crippen molar-refractivity contribution in [2.45, 2.75) is 0 Å². The summed E-state index contributed by atoms with van der Waals surface area (Å²) in [5.41, 5.74) is 18.2. The third-order valence-electron chi connectivity index (χ3n) is 12.3.